The summed E-state index contributed by atoms with van der Waals surface area (Å²) >= 11 is 1.69. The number of ether oxygens (including phenoxy) is 2. The van der Waals surface area contributed by atoms with Gasteiger partial charge in [0.25, 0.3) is 10.1 Å². The van der Waals surface area contributed by atoms with Crippen LogP contribution in [-0.4, -0.2) is 39.0 Å². The average Bonchev–Trinajstić information content (AvgIpc) is 3.10. The Bertz CT molecular complexity index is 1990. The molecule has 0 aliphatic carbocycles. The summed E-state index contributed by atoms with van der Waals surface area (Å²) in [5.74, 6) is 6.88. The minimum Gasteiger partial charge on any atom is -0.497 e. The van der Waals surface area contributed by atoms with Gasteiger partial charge in [-0.2, -0.15) is 8.42 Å². The van der Waals surface area contributed by atoms with E-state index in [-0.39, 0.29) is 6.42 Å². The molecule has 0 aromatic heterocycles. The maximum Gasteiger partial charge on any atom is 0.279 e. The van der Waals surface area contributed by atoms with Crippen LogP contribution in [0.2, 0.25) is 0 Å². The molecule has 0 amide bonds. The predicted molar refractivity (Wildman–Crippen MR) is 191 cm³/mol. The Morgan fingerprint density at radius 2 is 1.28 bits per heavy atom. The maximum absolute atomic E-state index is 12.1. The predicted octanol–water partition coefficient (Wildman–Crippen LogP) is 9.11. The first-order valence-corrected chi connectivity index (χ1v) is 17.4. The molecule has 7 nitrogen and oxygen atoms in total. The number of para-hydroxylation sites is 1. The van der Waals surface area contributed by atoms with Crippen molar-refractivity contribution in [2.75, 3.05) is 30.6 Å². The Hall–Kier alpha value is -4.88. The van der Waals surface area contributed by atoms with Gasteiger partial charge in [0.05, 0.1) is 25.6 Å². The lowest BCUT2D eigenvalue weighted by Gasteiger charge is -2.33. The summed E-state index contributed by atoms with van der Waals surface area (Å²) in [4.78, 5) is 6.46. The van der Waals surface area contributed by atoms with Crippen LogP contribution in [0.3, 0.4) is 0 Å². The second-order valence-electron chi connectivity index (χ2n) is 10.9. The van der Waals surface area contributed by atoms with Crippen molar-refractivity contribution in [3.05, 3.63) is 115 Å². The number of benzene rings is 5. The summed E-state index contributed by atoms with van der Waals surface area (Å²) < 4.78 is 44.7. The lowest BCUT2D eigenvalue weighted by atomic mass is 10.0. The van der Waals surface area contributed by atoms with E-state index in [2.05, 4.69) is 70.2 Å². The van der Waals surface area contributed by atoms with E-state index in [1.54, 1.807) is 32.9 Å². The van der Waals surface area contributed by atoms with Crippen LogP contribution in [0.1, 0.15) is 13.3 Å². The number of fused-ring (bicyclic) bond motifs is 2. The number of rotatable bonds is 10. The van der Waals surface area contributed by atoms with E-state index in [4.69, 9.17) is 9.47 Å². The number of anilines is 5. The molecule has 0 spiro atoms. The third-order valence-corrected chi connectivity index (χ3v) is 10.2. The Balaban J connectivity index is 1.34. The minimum absolute atomic E-state index is 0.156. The molecule has 5 aromatic rings. The molecule has 1 aliphatic heterocycles. The molecule has 238 valence electrons. The average molecular weight is 663 g/mol. The summed E-state index contributed by atoms with van der Waals surface area (Å²) in [6.07, 6.45) is 0.156. The Labute approximate surface area is 280 Å². The van der Waals surface area contributed by atoms with Crippen molar-refractivity contribution in [2.45, 2.75) is 28.4 Å². The fraction of sp³-hybridized carbons (Fsp3) is 0.158. The highest BCUT2D eigenvalue weighted by atomic mass is 32.2. The van der Waals surface area contributed by atoms with Gasteiger partial charge in [0.2, 0.25) is 0 Å². The highest BCUT2D eigenvalue weighted by Gasteiger charge is 2.27. The van der Waals surface area contributed by atoms with Gasteiger partial charge >= 0.3 is 0 Å². The molecule has 1 aliphatic rings. The number of hydrogen-bond donors (Lipinski definition) is 1. The first kappa shape index (κ1) is 32.1. The monoisotopic (exact) mass is 662 g/mol. The quantitative estimate of drug-likeness (QED) is 0.117. The topological polar surface area (TPSA) is 79.3 Å². The van der Waals surface area contributed by atoms with Crippen LogP contribution in [0.15, 0.2) is 125 Å². The lowest BCUT2D eigenvalue weighted by Crippen LogP contribution is -2.28. The van der Waals surface area contributed by atoms with Crippen LogP contribution in [0.5, 0.6) is 11.5 Å². The molecular weight excluding hydrogens is 629 g/mol. The van der Waals surface area contributed by atoms with Gasteiger partial charge in [-0.1, -0.05) is 48.0 Å². The van der Waals surface area contributed by atoms with E-state index in [1.165, 1.54) is 0 Å². The second-order valence-corrected chi connectivity index (χ2v) is 13.6. The number of nitrogens with zero attached hydrogens (tertiary/aromatic N) is 2. The largest absolute Gasteiger partial charge is 0.497 e. The third kappa shape index (κ3) is 6.96. The van der Waals surface area contributed by atoms with Crippen LogP contribution in [0.25, 0.3) is 11.1 Å². The van der Waals surface area contributed by atoms with Crippen molar-refractivity contribution >= 4 is 50.3 Å². The molecule has 9 heteroatoms. The molecule has 0 saturated carbocycles. The molecule has 1 heterocycles. The zero-order valence-corrected chi connectivity index (χ0v) is 27.9. The molecule has 5 aromatic carbocycles. The zero-order chi connectivity index (χ0) is 33.0. The Morgan fingerprint density at radius 3 is 1.83 bits per heavy atom. The van der Waals surface area contributed by atoms with Gasteiger partial charge in [-0.3, -0.25) is 4.55 Å². The molecular formula is C38H34N2O5S2. The van der Waals surface area contributed by atoms with Crippen LogP contribution in [-0.2, 0) is 10.1 Å². The fourth-order valence-corrected chi connectivity index (χ4v) is 7.41. The molecule has 0 fully saturated rings. The fourth-order valence-electron chi connectivity index (χ4n) is 5.67. The van der Waals surface area contributed by atoms with E-state index in [9.17, 15) is 13.0 Å². The van der Waals surface area contributed by atoms with E-state index in [1.807, 2.05) is 66.7 Å². The van der Waals surface area contributed by atoms with Gasteiger partial charge in [-0.15, -0.1) is 5.92 Å². The SMILES string of the molecule is CC#CC(CCN1c2ccccc2Sc2ccc(-c3ccc(N(c4ccc(OC)cc4)c4ccc(OC)cc4)cc3)cc21)S(=O)(=O)O. The molecule has 1 N–H and O–H groups in total. The van der Waals surface area contributed by atoms with Crippen molar-refractivity contribution in [3.63, 3.8) is 0 Å². The highest BCUT2D eigenvalue weighted by molar-refractivity contribution is 7.99. The highest BCUT2D eigenvalue weighted by Crippen LogP contribution is 2.49. The van der Waals surface area contributed by atoms with Gasteiger partial charge < -0.3 is 19.3 Å². The standard InChI is InChI=1S/C38H34N2O5S2/c1-4-7-34(47(41,42)43)24-25-39-35-8-5-6-9-37(35)46-38-23-12-28(26-36(38)39)27-10-13-29(14-11-27)40(30-15-19-32(44-2)20-16-30)31-17-21-33(45-3)22-18-31/h5-6,8-23,26,34H,24-25H2,1-3H3,(H,41,42,43). The summed E-state index contributed by atoms with van der Waals surface area (Å²) in [5, 5.41) is -1.16. The van der Waals surface area contributed by atoms with Crippen molar-refractivity contribution < 1.29 is 22.4 Å². The first-order valence-electron chi connectivity index (χ1n) is 15.0. The lowest BCUT2D eigenvalue weighted by molar-refractivity contribution is 0.415. The normalized spacial score (nSPS) is 12.6. The Morgan fingerprint density at radius 1 is 0.745 bits per heavy atom. The van der Waals surface area contributed by atoms with Crippen molar-refractivity contribution in [1.29, 1.82) is 0 Å². The minimum atomic E-state index is -4.31. The maximum atomic E-state index is 12.1. The van der Waals surface area contributed by atoms with Gasteiger partial charge in [0.1, 0.15) is 16.7 Å². The smallest absolute Gasteiger partial charge is 0.279 e. The molecule has 6 rings (SSSR count). The van der Waals surface area contributed by atoms with E-state index in [0.717, 1.165) is 60.9 Å². The Kier molecular flexibility index (Phi) is 9.45. The summed E-state index contributed by atoms with van der Waals surface area (Å²) in [5.41, 5.74) is 7.00. The summed E-state index contributed by atoms with van der Waals surface area (Å²) in [6.45, 7) is 1.94. The molecule has 1 unspecified atom stereocenters. The van der Waals surface area contributed by atoms with E-state index in [0.29, 0.717) is 6.54 Å². The molecule has 0 bridgehead atoms. The van der Waals surface area contributed by atoms with Gasteiger partial charge in [0, 0.05) is 33.4 Å². The van der Waals surface area contributed by atoms with Gasteiger partial charge in [-0.05, 0) is 109 Å². The number of hydrogen-bond acceptors (Lipinski definition) is 7. The third-order valence-electron chi connectivity index (χ3n) is 8.03. The van der Waals surface area contributed by atoms with Crippen molar-refractivity contribution in [2.24, 2.45) is 0 Å². The van der Waals surface area contributed by atoms with Crippen LogP contribution in [0.4, 0.5) is 28.4 Å². The van der Waals surface area contributed by atoms with Gasteiger partial charge in [-0.25, -0.2) is 0 Å². The molecule has 1 atom stereocenters. The summed E-state index contributed by atoms with van der Waals surface area (Å²) in [7, 11) is -1.00. The zero-order valence-electron chi connectivity index (χ0n) is 26.3. The van der Waals surface area contributed by atoms with Crippen LogP contribution < -0.4 is 19.3 Å². The van der Waals surface area contributed by atoms with Crippen LogP contribution >= 0.6 is 11.8 Å². The second kappa shape index (κ2) is 13.9. The van der Waals surface area contributed by atoms with Crippen molar-refractivity contribution in [1.82, 2.24) is 0 Å². The molecule has 47 heavy (non-hydrogen) atoms. The molecule has 0 radical (unpaired) electrons. The summed E-state index contributed by atoms with van der Waals surface area (Å²) in [6, 6.07) is 38.8. The van der Waals surface area contributed by atoms with Crippen LogP contribution in [0, 0.1) is 11.8 Å². The number of methoxy groups -OCH3 is 2. The molecule has 0 saturated heterocycles. The van der Waals surface area contributed by atoms with Gasteiger partial charge in [0.15, 0.2) is 0 Å². The van der Waals surface area contributed by atoms with E-state index < -0.39 is 15.4 Å². The van der Waals surface area contributed by atoms with E-state index >= 15 is 0 Å². The van der Waals surface area contributed by atoms with Crippen molar-refractivity contribution in [3.8, 4) is 34.5 Å². The first-order chi connectivity index (χ1) is 22.8.